The largest absolute Gasteiger partial charge is 0.478 e. The second-order valence-corrected chi connectivity index (χ2v) is 7.68. The molecule has 142 valence electrons. The van der Waals surface area contributed by atoms with Crippen molar-refractivity contribution in [2.24, 2.45) is 0 Å². The van der Waals surface area contributed by atoms with Crippen LogP contribution in [-0.4, -0.2) is 22.5 Å². The van der Waals surface area contributed by atoms with E-state index in [9.17, 15) is 9.59 Å². The van der Waals surface area contributed by atoms with Crippen molar-refractivity contribution >= 4 is 23.5 Å². The highest BCUT2D eigenvalue weighted by atomic mass is 35.5. The molecule has 0 aliphatic carbocycles. The number of hydrogen-bond donors (Lipinski definition) is 2. The number of rotatable bonds is 4. The molecular weight excluding hydrogens is 366 g/mol. The molecule has 1 amide bonds. The van der Waals surface area contributed by atoms with Crippen molar-refractivity contribution < 1.29 is 19.4 Å². The van der Waals surface area contributed by atoms with Crippen molar-refractivity contribution in [1.29, 1.82) is 0 Å². The third kappa shape index (κ3) is 4.67. The van der Waals surface area contributed by atoms with E-state index in [1.165, 1.54) is 6.92 Å². The molecule has 0 unspecified atom stereocenters. The van der Waals surface area contributed by atoms with E-state index in [4.69, 9.17) is 21.4 Å². The summed E-state index contributed by atoms with van der Waals surface area (Å²) in [4.78, 5) is 22.8. The quantitative estimate of drug-likeness (QED) is 0.808. The lowest BCUT2D eigenvalue weighted by atomic mass is 9.81. The van der Waals surface area contributed by atoms with E-state index in [2.05, 4.69) is 5.32 Å². The zero-order valence-corrected chi connectivity index (χ0v) is 16.0. The number of amides is 1. The summed E-state index contributed by atoms with van der Waals surface area (Å²) in [7, 11) is 0. The van der Waals surface area contributed by atoms with Gasteiger partial charge in [0.2, 0.25) is 5.91 Å². The Morgan fingerprint density at radius 1 is 1.04 bits per heavy atom. The third-order valence-corrected chi connectivity index (χ3v) is 5.10. The van der Waals surface area contributed by atoms with Gasteiger partial charge in [-0.3, -0.25) is 4.79 Å². The molecule has 27 heavy (non-hydrogen) atoms. The molecule has 6 heteroatoms. The lowest BCUT2D eigenvalue weighted by Crippen LogP contribution is -2.50. The van der Waals surface area contributed by atoms with E-state index in [0.717, 1.165) is 11.1 Å². The molecule has 1 aliphatic rings. The molecule has 1 heterocycles. The Morgan fingerprint density at radius 3 is 1.96 bits per heavy atom. The number of nitrogens with one attached hydrogen (secondary N) is 1. The van der Waals surface area contributed by atoms with Crippen molar-refractivity contribution in [3.05, 3.63) is 70.2 Å². The van der Waals surface area contributed by atoms with E-state index in [-0.39, 0.29) is 23.7 Å². The smallest absolute Gasteiger partial charge is 0.335 e. The van der Waals surface area contributed by atoms with Crippen LogP contribution in [0, 0.1) is 0 Å². The molecule has 2 aromatic carbocycles. The number of carboxylic acids is 1. The van der Waals surface area contributed by atoms with Crippen molar-refractivity contribution in [2.45, 2.75) is 44.4 Å². The highest BCUT2D eigenvalue weighted by molar-refractivity contribution is 6.30. The fourth-order valence-corrected chi connectivity index (χ4v) is 3.76. The summed E-state index contributed by atoms with van der Waals surface area (Å²) in [5, 5.41) is 12.8. The van der Waals surface area contributed by atoms with E-state index in [1.54, 1.807) is 24.3 Å². The van der Waals surface area contributed by atoms with Crippen LogP contribution >= 0.6 is 11.6 Å². The SMILES string of the molecule is CC(=O)N[C@@]1(C)C[C@@H](c2ccc(Cl)cc2)O[C@@H](c2ccc(C(=O)O)cc2)C1. The first-order valence-electron chi connectivity index (χ1n) is 8.79. The summed E-state index contributed by atoms with van der Waals surface area (Å²) >= 11 is 5.99. The molecule has 3 atom stereocenters. The van der Waals surface area contributed by atoms with E-state index >= 15 is 0 Å². The van der Waals surface area contributed by atoms with Gasteiger partial charge in [0.1, 0.15) is 0 Å². The molecule has 0 spiro atoms. The van der Waals surface area contributed by atoms with Gasteiger partial charge < -0.3 is 15.2 Å². The zero-order valence-electron chi connectivity index (χ0n) is 15.2. The minimum Gasteiger partial charge on any atom is -0.478 e. The van der Waals surface area contributed by atoms with Gasteiger partial charge in [0.25, 0.3) is 0 Å². The van der Waals surface area contributed by atoms with Crippen LogP contribution in [0.5, 0.6) is 0 Å². The Hall–Kier alpha value is -2.37. The van der Waals surface area contributed by atoms with E-state index in [1.807, 2.05) is 31.2 Å². The Balaban J connectivity index is 1.91. The summed E-state index contributed by atoms with van der Waals surface area (Å²) in [6.07, 6.45) is 0.761. The molecule has 0 aromatic heterocycles. The van der Waals surface area contributed by atoms with Gasteiger partial charge in [0, 0.05) is 30.3 Å². The predicted molar refractivity (Wildman–Crippen MR) is 103 cm³/mol. The summed E-state index contributed by atoms with van der Waals surface area (Å²) in [6, 6.07) is 14.2. The summed E-state index contributed by atoms with van der Waals surface area (Å²) in [5.74, 6) is -1.05. The summed E-state index contributed by atoms with van der Waals surface area (Å²) in [6.45, 7) is 3.52. The van der Waals surface area contributed by atoms with Crippen LogP contribution < -0.4 is 5.32 Å². The van der Waals surface area contributed by atoms with Gasteiger partial charge in [-0.15, -0.1) is 0 Å². The van der Waals surface area contributed by atoms with Crippen LogP contribution in [0.3, 0.4) is 0 Å². The molecule has 1 aliphatic heterocycles. The predicted octanol–water partition coefficient (Wildman–Crippen LogP) is 4.53. The minimum atomic E-state index is -0.965. The second kappa shape index (κ2) is 7.71. The molecule has 1 saturated heterocycles. The fraction of sp³-hybridized carbons (Fsp3) is 0.333. The number of benzene rings is 2. The Bertz CT molecular complexity index is 834. The minimum absolute atomic E-state index is 0.0887. The van der Waals surface area contributed by atoms with Crippen molar-refractivity contribution in [1.82, 2.24) is 5.32 Å². The molecule has 0 saturated carbocycles. The molecule has 2 N–H and O–H groups in total. The third-order valence-electron chi connectivity index (χ3n) is 4.85. The van der Waals surface area contributed by atoms with Gasteiger partial charge in [-0.05, 0) is 42.3 Å². The number of halogens is 1. The number of carbonyl (C=O) groups is 2. The first kappa shape index (κ1) is 19.4. The average molecular weight is 388 g/mol. The van der Waals surface area contributed by atoms with E-state index in [0.29, 0.717) is 17.9 Å². The van der Waals surface area contributed by atoms with Crippen LogP contribution in [0.2, 0.25) is 5.02 Å². The molecule has 5 nitrogen and oxygen atoms in total. The van der Waals surface area contributed by atoms with Crippen LogP contribution in [0.1, 0.15) is 60.4 Å². The highest BCUT2D eigenvalue weighted by Crippen LogP contribution is 2.43. The lowest BCUT2D eigenvalue weighted by molar-refractivity contribution is -0.126. The maximum Gasteiger partial charge on any atom is 0.335 e. The molecule has 0 bridgehead atoms. The van der Waals surface area contributed by atoms with Gasteiger partial charge in [-0.2, -0.15) is 0 Å². The summed E-state index contributed by atoms with van der Waals surface area (Å²) in [5.41, 5.74) is 1.66. The normalized spacial score (nSPS) is 25.0. The standard InChI is InChI=1S/C21H22ClNO4/c1-13(24)23-21(2)11-18(14-3-5-16(6-4-14)20(25)26)27-19(12-21)15-7-9-17(22)10-8-15/h3-10,18-19H,11-12H2,1-2H3,(H,23,24)(H,25,26)/t18-,19+,21-/m1/s1. The lowest BCUT2D eigenvalue weighted by Gasteiger charge is -2.43. The van der Waals surface area contributed by atoms with Crippen LogP contribution in [0.15, 0.2) is 48.5 Å². The van der Waals surface area contributed by atoms with Gasteiger partial charge in [-0.1, -0.05) is 35.9 Å². The number of carboxylic acid groups (broad SMARTS) is 1. The number of aromatic carboxylic acids is 1. The molecule has 2 aromatic rings. The van der Waals surface area contributed by atoms with Crippen molar-refractivity contribution in [3.63, 3.8) is 0 Å². The Kier molecular flexibility index (Phi) is 5.53. The van der Waals surface area contributed by atoms with Crippen LogP contribution in [0.4, 0.5) is 0 Å². The Morgan fingerprint density at radius 2 is 1.52 bits per heavy atom. The van der Waals surface area contributed by atoms with Crippen LogP contribution in [0.25, 0.3) is 0 Å². The van der Waals surface area contributed by atoms with E-state index < -0.39 is 11.5 Å². The van der Waals surface area contributed by atoms with Gasteiger partial charge in [0.15, 0.2) is 0 Å². The fourth-order valence-electron chi connectivity index (χ4n) is 3.63. The molecule has 0 radical (unpaired) electrons. The Labute approximate surface area is 163 Å². The number of carbonyl (C=O) groups excluding carboxylic acids is 1. The maximum absolute atomic E-state index is 11.7. The highest BCUT2D eigenvalue weighted by Gasteiger charge is 2.39. The maximum atomic E-state index is 11.7. The van der Waals surface area contributed by atoms with Crippen LogP contribution in [-0.2, 0) is 9.53 Å². The van der Waals surface area contributed by atoms with Crippen molar-refractivity contribution in [2.75, 3.05) is 0 Å². The zero-order chi connectivity index (χ0) is 19.6. The van der Waals surface area contributed by atoms with Gasteiger partial charge in [-0.25, -0.2) is 4.79 Å². The number of hydrogen-bond acceptors (Lipinski definition) is 3. The van der Waals surface area contributed by atoms with Gasteiger partial charge >= 0.3 is 5.97 Å². The molecular formula is C21H22ClNO4. The monoisotopic (exact) mass is 387 g/mol. The molecule has 3 rings (SSSR count). The topological polar surface area (TPSA) is 75.6 Å². The first-order chi connectivity index (χ1) is 12.8. The molecule has 1 fully saturated rings. The van der Waals surface area contributed by atoms with Gasteiger partial charge in [0.05, 0.1) is 17.8 Å². The second-order valence-electron chi connectivity index (χ2n) is 7.24. The summed E-state index contributed by atoms with van der Waals surface area (Å²) < 4.78 is 6.33. The average Bonchev–Trinajstić information content (AvgIpc) is 2.61. The first-order valence-corrected chi connectivity index (χ1v) is 9.16. The van der Waals surface area contributed by atoms with Crippen molar-refractivity contribution in [3.8, 4) is 0 Å². The number of ether oxygens (including phenoxy) is 1.